The minimum Gasteiger partial charge on any atom is -0.304 e. The van der Waals surface area contributed by atoms with Crippen LogP contribution in [0.5, 0.6) is 0 Å². The van der Waals surface area contributed by atoms with E-state index in [0.29, 0.717) is 6.07 Å². The molecule has 1 rings (SSSR count). The first-order valence-corrected chi connectivity index (χ1v) is 4.35. The summed E-state index contributed by atoms with van der Waals surface area (Å²) in [6, 6.07) is 1.34. The number of halogens is 3. The van der Waals surface area contributed by atoms with Crippen LogP contribution < -0.4 is 5.90 Å². The molecule has 0 unspecified atom stereocenters. The van der Waals surface area contributed by atoms with Gasteiger partial charge in [0.05, 0.1) is 6.61 Å². The van der Waals surface area contributed by atoms with Gasteiger partial charge in [0.2, 0.25) is 0 Å². The van der Waals surface area contributed by atoms with Crippen molar-refractivity contribution in [2.24, 2.45) is 5.90 Å². The van der Waals surface area contributed by atoms with Crippen molar-refractivity contribution in [3.05, 3.63) is 35.1 Å². The second-order valence-corrected chi connectivity index (χ2v) is 3.94. The van der Waals surface area contributed by atoms with Crippen LogP contribution in [0.2, 0.25) is 0 Å². The summed E-state index contributed by atoms with van der Waals surface area (Å²) in [5.41, 5.74) is -0.778. The third-order valence-electron chi connectivity index (χ3n) is 2.18. The molecule has 2 nitrogen and oxygen atoms in total. The zero-order valence-corrected chi connectivity index (χ0v) is 8.48. The van der Waals surface area contributed by atoms with Gasteiger partial charge >= 0.3 is 0 Å². The molecule has 0 radical (unpaired) electrons. The van der Waals surface area contributed by atoms with Crippen molar-refractivity contribution in [3.63, 3.8) is 0 Å². The van der Waals surface area contributed by atoms with Crippen molar-refractivity contribution in [1.82, 2.24) is 0 Å². The maximum absolute atomic E-state index is 13.3. The zero-order chi connectivity index (χ0) is 11.6. The van der Waals surface area contributed by atoms with Gasteiger partial charge in [-0.05, 0) is 11.6 Å². The first kappa shape index (κ1) is 12.0. The Morgan fingerprint density at radius 1 is 1.13 bits per heavy atom. The summed E-state index contributed by atoms with van der Waals surface area (Å²) in [5, 5.41) is 0. The van der Waals surface area contributed by atoms with E-state index in [1.165, 1.54) is 0 Å². The van der Waals surface area contributed by atoms with E-state index in [1.807, 2.05) is 0 Å². The normalized spacial score (nSPS) is 11.9. The summed E-state index contributed by atoms with van der Waals surface area (Å²) in [5.74, 6) is 1.78. The molecule has 0 aliphatic carbocycles. The van der Waals surface area contributed by atoms with Gasteiger partial charge in [-0.3, -0.25) is 0 Å². The Balaban J connectivity index is 3.19. The summed E-state index contributed by atoms with van der Waals surface area (Å²) >= 11 is 0. The Morgan fingerprint density at radius 3 is 2.20 bits per heavy atom. The Kier molecular flexibility index (Phi) is 3.36. The van der Waals surface area contributed by atoms with E-state index in [1.54, 1.807) is 13.8 Å². The molecule has 0 fully saturated rings. The first-order valence-electron chi connectivity index (χ1n) is 4.35. The molecule has 1 aromatic rings. The molecule has 0 heterocycles. The highest BCUT2D eigenvalue weighted by atomic mass is 19.2. The van der Waals surface area contributed by atoms with E-state index in [9.17, 15) is 13.2 Å². The van der Waals surface area contributed by atoms with Gasteiger partial charge in [0.15, 0.2) is 11.6 Å². The molecule has 0 aliphatic heterocycles. The van der Waals surface area contributed by atoms with Crippen LogP contribution >= 0.6 is 0 Å². The smallest absolute Gasteiger partial charge is 0.161 e. The van der Waals surface area contributed by atoms with Crippen molar-refractivity contribution in [2.45, 2.75) is 19.3 Å². The van der Waals surface area contributed by atoms with Gasteiger partial charge in [0.25, 0.3) is 0 Å². The van der Waals surface area contributed by atoms with Gasteiger partial charge < -0.3 is 4.84 Å². The van der Waals surface area contributed by atoms with Crippen molar-refractivity contribution >= 4 is 0 Å². The van der Waals surface area contributed by atoms with Crippen molar-refractivity contribution < 1.29 is 18.0 Å². The molecule has 1 aromatic carbocycles. The fourth-order valence-electron chi connectivity index (χ4n) is 1.33. The Bertz CT molecular complexity index is 366. The standard InChI is InChI=1S/C10H12F3NO/c1-10(2,5-15-14)6-3-8(12)9(13)4-7(6)11/h3-4H,5,14H2,1-2H3. The summed E-state index contributed by atoms with van der Waals surface area (Å²) in [6.45, 7) is 3.25. The molecule has 15 heavy (non-hydrogen) atoms. The predicted molar refractivity (Wildman–Crippen MR) is 49.5 cm³/mol. The van der Waals surface area contributed by atoms with Gasteiger partial charge in [0.1, 0.15) is 5.82 Å². The highest BCUT2D eigenvalue weighted by molar-refractivity contribution is 5.27. The maximum Gasteiger partial charge on any atom is 0.161 e. The number of nitrogens with two attached hydrogens (primary N) is 1. The molecule has 0 spiro atoms. The molecule has 0 atom stereocenters. The fraction of sp³-hybridized carbons (Fsp3) is 0.400. The third kappa shape index (κ3) is 2.49. The molecule has 5 heteroatoms. The summed E-state index contributed by atoms with van der Waals surface area (Å²) in [4.78, 5) is 4.40. The van der Waals surface area contributed by atoms with Crippen LogP contribution in [-0.4, -0.2) is 6.61 Å². The van der Waals surface area contributed by atoms with E-state index < -0.39 is 22.9 Å². The van der Waals surface area contributed by atoms with Crippen LogP contribution in [-0.2, 0) is 10.3 Å². The lowest BCUT2D eigenvalue weighted by Gasteiger charge is -2.24. The molecule has 0 aliphatic rings. The van der Waals surface area contributed by atoms with Gasteiger partial charge in [-0.1, -0.05) is 13.8 Å². The lowest BCUT2D eigenvalue weighted by Crippen LogP contribution is -2.27. The second-order valence-electron chi connectivity index (χ2n) is 3.94. The minimum atomic E-state index is -1.21. The van der Waals surface area contributed by atoms with Crippen LogP contribution in [0.1, 0.15) is 19.4 Å². The molecule has 0 bridgehead atoms. The molecule has 84 valence electrons. The fourth-order valence-corrected chi connectivity index (χ4v) is 1.33. The van der Waals surface area contributed by atoms with Gasteiger partial charge in [-0.15, -0.1) is 0 Å². The van der Waals surface area contributed by atoms with Crippen LogP contribution in [0, 0.1) is 17.5 Å². The summed E-state index contributed by atoms with van der Waals surface area (Å²) in [7, 11) is 0. The lowest BCUT2D eigenvalue weighted by atomic mass is 9.85. The largest absolute Gasteiger partial charge is 0.304 e. The Labute approximate surface area is 85.8 Å². The third-order valence-corrected chi connectivity index (χ3v) is 2.18. The molecular formula is C10H12F3NO. The number of rotatable bonds is 3. The molecule has 2 N–H and O–H groups in total. The van der Waals surface area contributed by atoms with Gasteiger partial charge in [0, 0.05) is 11.5 Å². The average Bonchev–Trinajstić information content (AvgIpc) is 2.11. The molecule has 0 saturated carbocycles. The van der Waals surface area contributed by atoms with Crippen LogP contribution in [0.25, 0.3) is 0 Å². The summed E-state index contributed by atoms with van der Waals surface area (Å²) in [6.07, 6.45) is 0. The topological polar surface area (TPSA) is 35.2 Å². The van der Waals surface area contributed by atoms with Gasteiger partial charge in [-0.2, -0.15) is 0 Å². The second kappa shape index (κ2) is 4.20. The Morgan fingerprint density at radius 2 is 1.67 bits per heavy atom. The molecule has 0 amide bonds. The molecular weight excluding hydrogens is 207 g/mol. The number of hydrogen-bond acceptors (Lipinski definition) is 2. The maximum atomic E-state index is 13.3. The number of hydrogen-bond donors (Lipinski definition) is 1. The predicted octanol–water partition coefficient (Wildman–Crippen LogP) is 2.27. The number of benzene rings is 1. The van der Waals surface area contributed by atoms with Crippen LogP contribution in [0.15, 0.2) is 12.1 Å². The lowest BCUT2D eigenvalue weighted by molar-refractivity contribution is 0.0949. The highest BCUT2D eigenvalue weighted by Gasteiger charge is 2.26. The van der Waals surface area contributed by atoms with E-state index in [-0.39, 0.29) is 12.2 Å². The van der Waals surface area contributed by atoms with E-state index in [2.05, 4.69) is 4.84 Å². The summed E-state index contributed by atoms with van der Waals surface area (Å²) < 4.78 is 38.9. The van der Waals surface area contributed by atoms with E-state index >= 15 is 0 Å². The highest BCUT2D eigenvalue weighted by Crippen LogP contribution is 2.27. The zero-order valence-electron chi connectivity index (χ0n) is 8.48. The van der Waals surface area contributed by atoms with E-state index in [0.717, 1.165) is 6.07 Å². The molecule has 0 aromatic heterocycles. The van der Waals surface area contributed by atoms with E-state index in [4.69, 9.17) is 5.90 Å². The quantitative estimate of drug-likeness (QED) is 0.625. The first-order chi connectivity index (χ1) is 6.88. The van der Waals surface area contributed by atoms with Crippen LogP contribution in [0.3, 0.4) is 0 Å². The van der Waals surface area contributed by atoms with Gasteiger partial charge in [-0.25, -0.2) is 19.1 Å². The van der Waals surface area contributed by atoms with Crippen molar-refractivity contribution in [1.29, 1.82) is 0 Å². The SMILES string of the molecule is CC(C)(CON)c1cc(F)c(F)cc1F. The monoisotopic (exact) mass is 219 g/mol. The van der Waals surface area contributed by atoms with Crippen molar-refractivity contribution in [3.8, 4) is 0 Å². The molecule has 0 saturated heterocycles. The Hall–Kier alpha value is -1.07. The van der Waals surface area contributed by atoms with Crippen LogP contribution in [0.4, 0.5) is 13.2 Å². The van der Waals surface area contributed by atoms with Crippen molar-refractivity contribution in [2.75, 3.05) is 6.61 Å². The minimum absolute atomic E-state index is 0.00892. The average molecular weight is 219 g/mol.